The van der Waals surface area contributed by atoms with E-state index in [4.69, 9.17) is 11.8 Å². The first-order chi connectivity index (χ1) is 4.79. The van der Waals surface area contributed by atoms with Gasteiger partial charge < -0.3 is 0 Å². The monoisotopic (exact) mass is 212 g/mol. The minimum atomic E-state index is -0.739. The highest BCUT2D eigenvalue weighted by molar-refractivity contribution is 8.90. The summed E-state index contributed by atoms with van der Waals surface area (Å²) in [5, 5.41) is 0.120. The van der Waals surface area contributed by atoms with E-state index in [1.54, 1.807) is 0 Å². The lowest BCUT2D eigenvalue weighted by molar-refractivity contribution is 0.517. The lowest BCUT2D eigenvalue weighted by Gasteiger charge is -2.20. The van der Waals surface area contributed by atoms with Crippen LogP contribution in [0, 0.1) is 0 Å². The fourth-order valence-corrected chi connectivity index (χ4v) is 6.31. The Balaban J connectivity index is 2.19. The van der Waals surface area contributed by atoms with Gasteiger partial charge in [0.05, 0.1) is 0 Å². The molecular weight excluding hydrogens is 199 g/mol. The lowest BCUT2D eigenvalue weighted by atomic mass is 10.0. The summed E-state index contributed by atoms with van der Waals surface area (Å²) >= 11 is 11.3. The zero-order chi connectivity index (χ0) is 7.40. The zero-order valence-corrected chi connectivity index (χ0v) is 9.40. The normalized spacial score (nSPS) is 24.5. The predicted octanol–water partition coefficient (Wildman–Crippen LogP) is 3.49. The molecular formula is C6H13PS3. The molecule has 1 unspecified atom stereocenters. The molecule has 0 nitrogen and oxygen atoms in total. The molecule has 1 rings (SSSR count). The number of hydrogen-bond acceptors (Lipinski definition) is 2. The van der Waals surface area contributed by atoms with E-state index in [2.05, 4.69) is 12.2 Å². The molecule has 1 atom stereocenters. The molecule has 0 heterocycles. The van der Waals surface area contributed by atoms with Crippen molar-refractivity contribution in [3.63, 3.8) is 0 Å². The van der Waals surface area contributed by atoms with Gasteiger partial charge in [0.25, 0.3) is 0 Å². The summed E-state index contributed by atoms with van der Waals surface area (Å²) in [6, 6.07) is 0. The van der Waals surface area contributed by atoms with Crippen LogP contribution in [0.1, 0.15) is 32.1 Å². The van der Waals surface area contributed by atoms with Crippen LogP contribution in [0.15, 0.2) is 0 Å². The van der Waals surface area contributed by atoms with E-state index in [1.165, 1.54) is 32.1 Å². The van der Waals surface area contributed by atoms with Crippen LogP contribution < -0.4 is 0 Å². The van der Waals surface area contributed by atoms with Gasteiger partial charge in [0.2, 0.25) is 0 Å². The Labute approximate surface area is 77.9 Å². The van der Waals surface area contributed by atoms with E-state index in [-0.39, 0.29) is 0 Å². The van der Waals surface area contributed by atoms with Gasteiger partial charge in [0, 0.05) is 10.4 Å². The van der Waals surface area contributed by atoms with Crippen molar-refractivity contribution in [3.8, 4) is 0 Å². The maximum Gasteiger partial charge on any atom is 0.0425 e. The Bertz CT molecular complexity index is 120. The first-order valence-corrected chi connectivity index (χ1v) is 9.21. The molecule has 1 aliphatic carbocycles. The van der Waals surface area contributed by atoms with E-state index >= 15 is 0 Å². The molecule has 0 spiro atoms. The molecule has 1 saturated carbocycles. The molecule has 4 heteroatoms. The summed E-state index contributed by atoms with van der Waals surface area (Å²) in [5.74, 6) is 0. The molecule has 0 bridgehead atoms. The van der Waals surface area contributed by atoms with Crippen molar-refractivity contribution in [1.82, 2.24) is 0 Å². The van der Waals surface area contributed by atoms with Crippen LogP contribution >= 0.6 is 28.7 Å². The second-order valence-electron chi connectivity index (χ2n) is 2.64. The SMILES string of the molecule is S=[PH](S)SC1CCCCC1. The molecule has 0 aromatic rings. The van der Waals surface area contributed by atoms with Crippen LogP contribution in [-0.2, 0) is 11.8 Å². The lowest BCUT2D eigenvalue weighted by Crippen LogP contribution is -2.05. The fraction of sp³-hybridized carbons (Fsp3) is 1.00. The smallest absolute Gasteiger partial charge is 0.0425 e. The highest BCUT2D eigenvalue weighted by Crippen LogP contribution is 2.48. The maximum absolute atomic E-state index is 5.09. The standard InChI is InChI=1S/C6H13PS3/c8-7(9)10-6-4-2-1-3-5-6/h6-7H,1-5H2,(H,8,9). The van der Waals surface area contributed by atoms with E-state index in [1.807, 2.05) is 11.4 Å². The molecule has 10 heavy (non-hydrogen) atoms. The largest absolute Gasteiger partial charge is 0.134 e. The predicted molar refractivity (Wildman–Crippen MR) is 59.1 cm³/mol. The van der Waals surface area contributed by atoms with Gasteiger partial charge in [0.1, 0.15) is 0 Å². The summed E-state index contributed by atoms with van der Waals surface area (Å²) in [6.45, 7) is 0. The van der Waals surface area contributed by atoms with Crippen molar-refractivity contribution >= 4 is 40.5 Å². The van der Waals surface area contributed by atoms with Gasteiger partial charge in [-0.05, 0) is 12.8 Å². The highest BCUT2D eigenvalue weighted by Gasteiger charge is 2.13. The van der Waals surface area contributed by atoms with Crippen LogP contribution in [0.5, 0.6) is 0 Å². The third-order valence-electron chi connectivity index (χ3n) is 1.82. The maximum atomic E-state index is 5.09. The van der Waals surface area contributed by atoms with Crippen molar-refractivity contribution in [2.24, 2.45) is 0 Å². The Hall–Kier alpha value is 1.35. The van der Waals surface area contributed by atoms with Gasteiger partial charge in [-0.25, -0.2) is 0 Å². The molecule has 0 saturated heterocycles. The van der Waals surface area contributed by atoms with Crippen LogP contribution in [0.3, 0.4) is 0 Å². The minimum absolute atomic E-state index is 0.739. The summed E-state index contributed by atoms with van der Waals surface area (Å²) < 4.78 is 0. The van der Waals surface area contributed by atoms with E-state index in [9.17, 15) is 0 Å². The second-order valence-corrected chi connectivity index (χ2v) is 11.2. The molecule has 0 radical (unpaired) electrons. The van der Waals surface area contributed by atoms with Gasteiger partial charge in [-0.2, -0.15) is 0 Å². The van der Waals surface area contributed by atoms with Crippen molar-refractivity contribution < 1.29 is 0 Å². The Morgan fingerprint density at radius 2 is 1.90 bits per heavy atom. The van der Waals surface area contributed by atoms with Crippen LogP contribution in [0.2, 0.25) is 0 Å². The molecule has 1 aliphatic rings. The zero-order valence-electron chi connectivity index (χ0n) is 5.88. The van der Waals surface area contributed by atoms with Crippen LogP contribution in [-0.4, -0.2) is 5.25 Å². The average molecular weight is 212 g/mol. The van der Waals surface area contributed by atoms with E-state index in [0.717, 1.165) is 5.25 Å². The average Bonchev–Trinajstić information content (AvgIpc) is 1.88. The van der Waals surface area contributed by atoms with Crippen molar-refractivity contribution in [2.45, 2.75) is 37.4 Å². The Morgan fingerprint density at radius 1 is 1.30 bits per heavy atom. The molecule has 0 N–H and O–H groups in total. The third kappa shape index (κ3) is 3.66. The fourth-order valence-electron chi connectivity index (χ4n) is 1.33. The molecule has 0 amide bonds. The van der Waals surface area contributed by atoms with E-state index in [0.29, 0.717) is 0 Å². The van der Waals surface area contributed by atoms with Crippen LogP contribution in [0.4, 0.5) is 0 Å². The first kappa shape index (κ1) is 9.44. The van der Waals surface area contributed by atoms with Gasteiger partial charge in [-0.1, -0.05) is 31.1 Å². The quantitative estimate of drug-likeness (QED) is 0.549. The van der Waals surface area contributed by atoms with Gasteiger partial charge in [0.15, 0.2) is 0 Å². The second kappa shape index (κ2) is 5.08. The van der Waals surface area contributed by atoms with Gasteiger partial charge >= 0.3 is 0 Å². The number of hydrogen-bond donors (Lipinski definition) is 1. The van der Waals surface area contributed by atoms with Crippen molar-refractivity contribution in [2.75, 3.05) is 0 Å². The molecule has 0 aromatic carbocycles. The minimum Gasteiger partial charge on any atom is -0.134 e. The van der Waals surface area contributed by atoms with E-state index < -0.39 is 5.10 Å². The summed E-state index contributed by atoms with van der Waals surface area (Å²) in [6.07, 6.45) is 7.03. The first-order valence-electron chi connectivity index (χ1n) is 3.68. The molecule has 1 fully saturated rings. The van der Waals surface area contributed by atoms with Crippen molar-refractivity contribution in [1.29, 1.82) is 0 Å². The highest BCUT2D eigenvalue weighted by atomic mass is 33.2. The third-order valence-corrected chi connectivity index (χ3v) is 6.25. The number of thiol groups is 1. The van der Waals surface area contributed by atoms with Gasteiger partial charge in [-0.3, -0.25) is 0 Å². The summed E-state index contributed by atoms with van der Waals surface area (Å²) in [5.41, 5.74) is 0. The van der Waals surface area contributed by atoms with Crippen molar-refractivity contribution in [3.05, 3.63) is 0 Å². The molecule has 0 aliphatic heterocycles. The van der Waals surface area contributed by atoms with Gasteiger partial charge in [-0.15, -0.1) is 23.6 Å². The summed E-state index contributed by atoms with van der Waals surface area (Å²) in [4.78, 5) is 0. The van der Waals surface area contributed by atoms with Crippen LogP contribution in [0.25, 0.3) is 0 Å². The topological polar surface area (TPSA) is 0 Å². The summed E-state index contributed by atoms with van der Waals surface area (Å²) in [7, 11) is 0. The molecule has 0 aromatic heterocycles. The Kier molecular flexibility index (Phi) is 4.79. The molecule has 60 valence electrons. The Morgan fingerprint density at radius 3 is 2.40 bits per heavy atom. The number of rotatable bonds is 2.